The predicted octanol–water partition coefficient (Wildman–Crippen LogP) is 3.24. The number of rotatable bonds is 5. The van der Waals surface area contributed by atoms with Crippen LogP contribution in [-0.4, -0.2) is 50.0 Å². The first-order valence-corrected chi connectivity index (χ1v) is 11.9. The van der Waals surface area contributed by atoms with Gasteiger partial charge in [0.2, 0.25) is 11.8 Å². The van der Waals surface area contributed by atoms with E-state index in [4.69, 9.17) is 4.74 Å². The molecule has 2 aromatic rings. The summed E-state index contributed by atoms with van der Waals surface area (Å²) >= 11 is 0. The van der Waals surface area contributed by atoms with Gasteiger partial charge in [-0.1, -0.05) is 18.2 Å². The molecule has 0 aromatic heterocycles. The van der Waals surface area contributed by atoms with Gasteiger partial charge in [-0.25, -0.2) is 4.90 Å². The first-order valence-electron chi connectivity index (χ1n) is 11.9. The van der Waals surface area contributed by atoms with Crippen molar-refractivity contribution in [3.63, 3.8) is 0 Å². The van der Waals surface area contributed by atoms with E-state index in [-0.39, 0.29) is 41.2 Å². The second-order valence-corrected chi connectivity index (χ2v) is 9.62. The van der Waals surface area contributed by atoms with Crippen molar-refractivity contribution in [2.45, 2.75) is 6.42 Å². The van der Waals surface area contributed by atoms with Crippen LogP contribution in [0.15, 0.2) is 54.6 Å². The Morgan fingerprint density at radius 3 is 2.17 bits per heavy atom. The maximum Gasteiger partial charge on any atom is 0.294 e. The van der Waals surface area contributed by atoms with Crippen molar-refractivity contribution in [3.05, 3.63) is 64.7 Å². The Morgan fingerprint density at radius 1 is 0.886 bits per heavy atom. The molecule has 0 N–H and O–H groups in total. The van der Waals surface area contributed by atoms with E-state index in [9.17, 15) is 19.7 Å². The van der Waals surface area contributed by atoms with E-state index in [1.54, 1.807) is 19.2 Å². The zero-order valence-electron chi connectivity index (χ0n) is 19.4. The van der Waals surface area contributed by atoms with Gasteiger partial charge in [0.25, 0.3) is 5.69 Å². The van der Waals surface area contributed by atoms with Crippen molar-refractivity contribution in [2.24, 2.45) is 23.7 Å². The molecule has 3 fully saturated rings. The number of carbonyl (C=O) groups excluding carboxylic acids is 2. The lowest BCUT2D eigenvalue weighted by Gasteiger charge is -2.37. The molecule has 2 aromatic carbocycles. The third kappa shape index (κ3) is 3.37. The van der Waals surface area contributed by atoms with Crippen LogP contribution in [0.5, 0.6) is 5.75 Å². The van der Waals surface area contributed by atoms with Crippen molar-refractivity contribution in [2.75, 3.05) is 48.0 Å². The number of fused-ring (bicyclic) bond motifs is 5. The Hall–Kier alpha value is -3.88. The summed E-state index contributed by atoms with van der Waals surface area (Å²) in [4.78, 5) is 43.3. The van der Waals surface area contributed by atoms with Crippen LogP contribution in [0.4, 0.5) is 22.7 Å². The van der Waals surface area contributed by atoms with Crippen molar-refractivity contribution in [1.29, 1.82) is 0 Å². The summed E-state index contributed by atoms with van der Waals surface area (Å²) in [5, 5.41) is 12.0. The fraction of sp³-hybridized carbons (Fsp3) is 0.385. The molecule has 4 unspecified atom stereocenters. The van der Waals surface area contributed by atoms with Gasteiger partial charge in [0.15, 0.2) is 0 Å². The van der Waals surface area contributed by atoms with Crippen LogP contribution in [0, 0.1) is 33.8 Å². The number of nitrogens with zero attached hydrogens (tertiary/aromatic N) is 4. The Labute approximate surface area is 202 Å². The molecule has 35 heavy (non-hydrogen) atoms. The highest BCUT2D eigenvalue weighted by Crippen LogP contribution is 2.53. The van der Waals surface area contributed by atoms with Crippen LogP contribution in [-0.2, 0) is 9.59 Å². The third-order valence-electron chi connectivity index (χ3n) is 7.92. The molecule has 6 rings (SSSR count). The first kappa shape index (κ1) is 21.6. The average Bonchev–Trinajstić information content (AvgIpc) is 3.57. The summed E-state index contributed by atoms with van der Waals surface area (Å²) in [7, 11) is 1.64. The summed E-state index contributed by atoms with van der Waals surface area (Å²) in [6.07, 6.45) is 4.93. The van der Waals surface area contributed by atoms with E-state index in [1.165, 1.54) is 11.0 Å². The Balaban J connectivity index is 1.23. The maximum atomic E-state index is 13.1. The molecule has 9 heteroatoms. The van der Waals surface area contributed by atoms with Gasteiger partial charge >= 0.3 is 0 Å². The van der Waals surface area contributed by atoms with Crippen LogP contribution in [0.2, 0.25) is 0 Å². The van der Waals surface area contributed by atoms with Crippen LogP contribution in [0.25, 0.3) is 0 Å². The zero-order chi connectivity index (χ0) is 24.3. The molecule has 180 valence electrons. The lowest BCUT2D eigenvalue weighted by molar-refractivity contribution is -0.384. The van der Waals surface area contributed by atoms with Crippen molar-refractivity contribution >= 4 is 34.6 Å². The minimum atomic E-state index is -0.426. The summed E-state index contributed by atoms with van der Waals surface area (Å²) < 4.78 is 5.32. The smallest absolute Gasteiger partial charge is 0.294 e. The molecule has 2 heterocycles. The Bertz CT molecular complexity index is 1220. The largest absolute Gasteiger partial charge is 0.497 e. The number of methoxy groups -OCH3 is 1. The van der Waals surface area contributed by atoms with Crippen molar-refractivity contribution < 1.29 is 19.2 Å². The van der Waals surface area contributed by atoms with Gasteiger partial charge in [-0.15, -0.1) is 0 Å². The normalized spacial score (nSPS) is 27.1. The second-order valence-electron chi connectivity index (χ2n) is 9.62. The van der Waals surface area contributed by atoms with Gasteiger partial charge in [0, 0.05) is 44.0 Å². The number of imide groups is 1. The molecule has 2 aliphatic heterocycles. The molecule has 1 saturated carbocycles. The number of nitro benzene ring substituents is 1. The molecule has 4 aliphatic rings. The number of ether oxygens (including phenoxy) is 1. The van der Waals surface area contributed by atoms with Crippen LogP contribution in [0.3, 0.4) is 0 Å². The molecule has 0 spiro atoms. The monoisotopic (exact) mass is 474 g/mol. The fourth-order valence-corrected chi connectivity index (χ4v) is 6.23. The molecule has 0 radical (unpaired) electrons. The van der Waals surface area contributed by atoms with Crippen molar-refractivity contribution in [1.82, 2.24) is 0 Å². The number of benzene rings is 2. The fourth-order valence-electron chi connectivity index (χ4n) is 6.23. The summed E-state index contributed by atoms with van der Waals surface area (Å²) in [6, 6.07) is 12.6. The predicted molar refractivity (Wildman–Crippen MR) is 131 cm³/mol. The second kappa shape index (κ2) is 8.11. The van der Waals surface area contributed by atoms with Crippen LogP contribution < -0.4 is 19.4 Å². The number of nitro groups is 1. The summed E-state index contributed by atoms with van der Waals surface area (Å²) in [5.41, 5.74) is 1.76. The molecular weight excluding hydrogens is 448 g/mol. The Kier molecular flexibility index (Phi) is 5.01. The number of piperazine rings is 1. The van der Waals surface area contributed by atoms with E-state index in [0.29, 0.717) is 37.6 Å². The van der Waals surface area contributed by atoms with Crippen LogP contribution >= 0.6 is 0 Å². The summed E-state index contributed by atoms with van der Waals surface area (Å²) in [5.74, 6) is -0.142. The molecule has 2 bridgehead atoms. The molecular formula is C26H26N4O5. The molecule has 2 aliphatic carbocycles. The van der Waals surface area contributed by atoms with Gasteiger partial charge in [0.05, 0.1) is 29.6 Å². The van der Waals surface area contributed by atoms with E-state index in [0.717, 1.165) is 17.9 Å². The first-order chi connectivity index (χ1) is 17.0. The molecule has 2 saturated heterocycles. The number of allylic oxidation sites excluding steroid dienone is 2. The number of anilines is 3. The van der Waals surface area contributed by atoms with E-state index in [2.05, 4.69) is 4.90 Å². The van der Waals surface area contributed by atoms with Gasteiger partial charge in [0.1, 0.15) is 11.4 Å². The Morgan fingerprint density at radius 2 is 1.54 bits per heavy atom. The highest BCUT2D eigenvalue weighted by Gasteiger charge is 2.59. The highest BCUT2D eigenvalue weighted by molar-refractivity contribution is 6.23. The number of amides is 2. The van der Waals surface area contributed by atoms with E-state index >= 15 is 0 Å². The lowest BCUT2D eigenvalue weighted by Crippen LogP contribution is -2.46. The van der Waals surface area contributed by atoms with E-state index < -0.39 is 4.92 Å². The quantitative estimate of drug-likeness (QED) is 0.284. The highest BCUT2D eigenvalue weighted by atomic mass is 16.6. The average molecular weight is 475 g/mol. The maximum absolute atomic E-state index is 13.1. The van der Waals surface area contributed by atoms with Gasteiger partial charge in [-0.3, -0.25) is 19.7 Å². The lowest BCUT2D eigenvalue weighted by atomic mass is 9.85. The van der Waals surface area contributed by atoms with Gasteiger partial charge in [-0.05, 0) is 42.5 Å². The zero-order valence-corrected chi connectivity index (χ0v) is 19.4. The summed E-state index contributed by atoms with van der Waals surface area (Å²) in [6.45, 7) is 2.62. The molecule has 2 amide bonds. The van der Waals surface area contributed by atoms with Gasteiger partial charge < -0.3 is 14.5 Å². The standard InChI is InChI=1S/C26H26N4O5/c1-35-20-4-2-3-18(14-20)27-9-11-28(12-10-27)21-8-7-19(15-22(21)30(33)34)29-25(31)23-16-5-6-17(13-16)24(23)26(29)32/h2-8,14-17,23-24H,9-13H2,1H3. The molecule has 4 atom stereocenters. The van der Waals surface area contributed by atoms with E-state index in [1.807, 2.05) is 41.3 Å². The number of hydrogen-bond acceptors (Lipinski definition) is 7. The SMILES string of the molecule is COc1cccc(N2CCN(c3ccc(N4C(=O)C5C6C=CC(C6)C5C4=O)cc3[N+](=O)[O-])CC2)c1. The molecule has 9 nitrogen and oxygen atoms in total. The topological polar surface area (TPSA) is 96.2 Å². The minimum absolute atomic E-state index is 0.0870. The van der Waals surface area contributed by atoms with Crippen molar-refractivity contribution in [3.8, 4) is 5.75 Å². The number of hydrogen-bond donors (Lipinski definition) is 0. The van der Waals surface area contributed by atoms with Gasteiger partial charge in [-0.2, -0.15) is 0 Å². The minimum Gasteiger partial charge on any atom is -0.497 e. The number of carbonyl (C=O) groups is 2. The van der Waals surface area contributed by atoms with Crippen LogP contribution in [0.1, 0.15) is 6.42 Å². The third-order valence-corrected chi connectivity index (χ3v) is 7.92.